The molecule has 1 saturated heterocycles. The predicted octanol–water partition coefficient (Wildman–Crippen LogP) is 7.72. The van der Waals surface area contributed by atoms with Gasteiger partial charge in [-0.15, -0.1) is 0 Å². The highest BCUT2D eigenvalue weighted by Crippen LogP contribution is 2.33. The first kappa shape index (κ1) is 28.0. The lowest BCUT2D eigenvalue weighted by Crippen LogP contribution is -2.32. The van der Waals surface area contributed by atoms with E-state index in [1.807, 2.05) is 84.9 Å². The highest BCUT2D eigenvalue weighted by atomic mass is 16.7. The van der Waals surface area contributed by atoms with Gasteiger partial charge in [-0.05, 0) is 70.7 Å². The first-order valence-electron chi connectivity index (χ1n) is 14.9. The fraction of sp³-hybridized carbons (Fsp3) is 0.105. The highest BCUT2D eigenvalue weighted by molar-refractivity contribution is 6.12. The van der Waals surface area contributed by atoms with Crippen LogP contribution < -0.4 is 4.74 Å². The van der Waals surface area contributed by atoms with Crippen LogP contribution in [0.15, 0.2) is 138 Å². The molecule has 2 heterocycles. The topological polar surface area (TPSA) is 65.3 Å². The van der Waals surface area contributed by atoms with Crippen LogP contribution in [0.1, 0.15) is 16.7 Å². The SMILES string of the molecule is COc1ccccc1CCN1C(=O)/C(=C\c2ccc3c(c2)c2ccccc2n3-c2ccccc2)OC1=NOCc1ccccc1. The number of amidine groups is 1. The van der Waals surface area contributed by atoms with Gasteiger partial charge in [0, 0.05) is 23.0 Å². The molecule has 0 atom stereocenters. The summed E-state index contributed by atoms with van der Waals surface area (Å²) in [5.41, 5.74) is 6.08. The third-order valence-corrected chi connectivity index (χ3v) is 7.91. The maximum Gasteiger partial charge on any atom is 0.339 e. The van der Waals surface area contributed by atoms with Gasteiger partial charge in [-0.2, -0.15) is 0 Å². The van der Waals surface area contributed by atoms with Crippen molar-refractivity contribution in [3.05, 3.63) is 150 Å². The van der Waals surface area contributed by atoms with Crippen LogP contribution in [-0.2, 0) is 27.4 Å². The zero-order chi connectivity index (χ0) is 30.6. The van der Waals surface area contributed by atoms with Crippen molar-refractivity contribution in [2.24, 2.45) is 5.16 Å². The van der Waals surface area contributed by atoms with E-state index in [0.717, 1.165) is 49.9 Å². The molecule has 1 amide bonds. The standard InChI is InChI=1S/C38H31N3O4/c1-43-35-19-11-8-14-29(35)22-23-40-37(42)36(45-38(40)39-44-26-27-12-4-2-5-13-27)25-28-20-21-34-32(24-28)31-17-9-10-18-33(31)41(34)30-15-6-3-7-16-30/h2-21,24-25H,22-23,26H2,1H3/b36-25+,39-38?. The van der Waals surface area contributed by atoms with Crippen LogP contribution in [0, 0.1) is 0 Å². The smallest absolute Gasteiger partial charge is 0.339 e. The Morgan fingerprint density at radius 1 is 0.778 bits per heavy atom. The number of carbonyl (C=O) groups is 1. The summed E-state index contributed by atoms with van der Waals surface area (Å²) < 4.78 is 13.9. The summed E-state index contributed by atoms with van der Waals surface area (Å²) in [4.78, 5) is 20.9. The Kier molecular flexibility index (Phi) is 7.72. The number of benzene rings is 5. The van der Waals surface area contributed by atoms with E-state index in [4.69, 9.17) is 14.3 Å². The number of ether oxygens (including phenoxy) is 2. The Morgan fingerprint density at radius 2 is 1.49 bits per heavy atom. The van der Waals surface area contributed by atoms with Gasteiger partial charge in [-0.25, -0.2) is 0 Å². The molecule has 1 aliphatic heterocycles. The third-order valence-electron chi connectivity index (χ3n) is 7.91. The lowest BCUT2D eigenvalue weighted by atomic mass is 10.1. The Labute approximate surface area is 261 Å². The first-order valence-corrected chi connectivity index (χ1v) is 14.9. The number of nitrogens with zero attached hydrogens (tertiary/aromatic N) is 3. The lowest BCUT2D eigenvalue weighted by molar-refractivity contribution is -0.122. The van der Waals surface area contributed by atoms with Crippen molar-refractivity contribution in [3.63, 3.8) is 0 Å². The summed E-state index contributed by atoms with van der Waals surface area (Å²) in [5.74, 6) is 0.671. The third kappa shape index (κ3) is 5.63. The van der Waals surface area contributed by atoms with Crippen molar-refractivity contribution < 1.29 is 19.1 Å². The molecule has 0 radical (unpaired) electrons. The Balaban J connectivity index is 1.22. The number of carbonyl (C=O) groups excluding carboxylic acids is 1. The van der Waals surface area contributed by atoms with E-state index >= 15 is 0 Å². The molecule has 7 heteroatoms. The molecule has 222 valence electrons. The number of para-hydroxylation sites is 3. The average molecular weight is 594 g/mol. The molecular weight excluding hydrogens is 562 g/mol. The molecule has 1 fully saturated rings. The van der Waals surface area contributed by atoms with Gasteiger partial charge in [0.15, 0.2) is 5.76 Å². The second-order valence-electron chi connectivity index (χ2n) is 10.7. The second kappa shape index (κ2) is 12.4. The van der Waals surface area contributed by atoms with E-state index in [1.165, 1.54) is 4.90 Å². The van der Waals surface area contributed by atoms with E-state index in [9.17, 15) is 4.79 Å². The van der Waals surface area contributed by atoms with Gasteiger partial charge in [-0.1, -0.05) is 91.0 Å². The van der Waals surface area contributed by atoms with Crippen LogP contribution >= 0.6 is 0 Å². The molecule has 0 unspecified atom stereocenters. The molecular formula is C38H31N3O4. The van der Waals surface area contributed by atoms with Gasteiger partial charge in [-0.3, -0.25) is 9.69 Å². The summed E-state index contributed by atoms with van der Waals surface area (Å²) in [6, 6.07) is 42.5. The number of hydrogen-bond acceptors (Lipinski definition) is 5. The Morgan fingerprint density at radius 3 is 2.31 bits per heavy atom. The molecule has 0 bridgehead atoms. The number of fused-ring (bicyclic) bond motifs is 3. The van der Waals surface area contributed by atoms with E-state index in [-0.39, 0.29) is 24.3 Å². The van der Waals surface area contributed by atoms with E-state index in [2.05, 4.69) is 52.2 Å². The fourth-order valence-corrected chi connectivity index (χ4v) is 5.74. The number of aromatic nitrogens is 1. The van der Waals surface area contributed by atoms with Crippen molar-refractivity contribution in [3.8, 4) is 11.4 Å². The van der Waals surface area contributed by atoms with Gasteiger partial charge in [0.1, 0.15) is 12.4 Å². The van der Waals surface area contributed by atoms with Gasteiger partial charge in [0.25, 0.3) is 5.91 Å². The molecule has 0 saturated carbocycles. The van der Waals surface area contributed by atoms with Crippen LogP contribution in [0.3, 0.4) is 0 Å². The van der Waals surface area contributed by atoms with Crippen LogP contribution in [0.5, 0.6) is 5.75 Å². The van der Waals surface area contributed by atoms with E-state index < -0.39 is 0 Å². The van der Waals surface area contributed by atoms with Gasteiger partial charge in [0.2, 0.25) is 0 Å². The second-order valence-corrected chi connectivity index (χ2v) is 10.7. The number of hydrogen-bond donors (Lipinski definition) is 0. The number of methoxy groups -OCH3 is 1. The molecule has 45 heavy (non-hydrogen) atoms. The van der Waals surface area contributed by atoms with Crippen molar-refractivity contribution in [1.29, 1.82) is 0 Å². The minimum atomic E-state index is -0.279. The van der Waals surface area contributed by atoms with Gasteiger partial charge in [0.05, 0.1) is 18.1 Å². The number of amides is 1. The molecule has 0 N–H and O–H groups in total. The molecule has 1 aliphatic rings. The lowest BCUT2D eigenvalue weighted by Gasteiger charge is -2.14. The summed E-state index contributed by atoms with van der Waals surface area (Å²) >= 11 is 0. The van der Waals surface area contributed by atoms with Crippen LogP contribution in [-0.4, -0.2) is 35.1 Å². The van der Waals surface area contributed by atoms with Crippen LogP contribution in [0.25, 0.3) is 33.6 Å². The van der Waals surface area contributed by atoms with Gasteiger partial charge >= 0.3 is 6.02 Å². The Hall–Kier alpha value is -5.82. The maximum absolute atomic E-state index is 13.8. The average Bonchev–Trinajstić information content (AvgIpc) is 3.57. The molecule has 7 rings (SSSR count). The summed E-state index contributed by atoms with van der Waals surface area (Å²) in [6.07, 6.45) is 2.32. The fourth-order valence-electron chi connectivity index (χ4n) is 5.74. The van der Waals surface area contributed by atoms with Crippen molar-refractivity contribution in [2.45, 2.75) is 13.0 Å². The largest absolute Gasteiger partial charge is 0.496 e. The highest BCUT2D eigenvalue weighted by Gasteiger charge is 2.35. The molecule has 0 aliphatic carbocycles. The summed E-state index contributed by atoms with van der Waals surface area (Å²) in [6.45, 7) is 0.594. The van der Waals surface area contributed by atoms with Gasteiger partial charge < -0.3 is 18.9 Å². The normalized spacial score (nSPS) is 14.9. The summed E-state index contributed by atoms with van der Waals surface area (Å²) in [7, 11) is 1.64. The van der Waals surface area contributed by atoms with Crippen molar-refractivity contribution in [1.82, 2.24) is 9.47 Å². The van der Waals surface area contributed by atoms with E-state index in [1.54, 1.807) is 13.2 Å². The minimum absolute atomic E-state index is 0.110. The summed E-state index contributed by atoms with van der Waals surface area (Å²) in [5, 5.41) is 6.46. The number of rotatable bonds is 9. The maximum atomic E-state index is 13.8. The minimum Gasteiger partial charge on any atom is -0.496 e. The molecule has 7 nitrogen and oxygen atoms in total. The van der Waals surface area contributed by atoms with Crippen LogP contribution in [0.2, 0.25) is 0 Å². The van der Waals surface area contributed by atoms with E-state index in [0.29, 0.717) is 13.0 Å². The number of oxime groups is 1. The first-order chi connectivity index (χ1) is 22.2. The molecule has 1 aromatic heterocycles. The monoisotopic (exact) mass is 593 g/mol. The molecule has 0 spiro atoms. The zero-order valence-corrected chi connectivity index (χ0v) is 24.8. The zero-order valence-electron chi connectivity index (χ0n) is 24.8. The van der Waals surface area contributed by atoms with Crippen molar-refractivity contribution >= 4 is 39.8 Å². The van der Waals surface area contributed by atoms with Crippen LogP contribution in [0.4, 0.5) is 0 Å². The molecule has 6 aromatic rings. The molecule has 5 aromatic carbocycles. The Bertz CT molecular complexity index is 2050. The van der Waals surface area contributed by atoms with Crippen molar-refractivity contribution in [2.75, 3.05) is 13.7 Å². The quantitative estimate of drug-likeness (QED) is 0.127. The predicted molar refractivity (Wildman–Crippen MR) is 177 cm³/mol.